The summed E-state index contributed by atoms with van der Waals surface area (Å²) in [6.07, 6.45) is 3.40. The summed E-state index contributed by atoms with van der Waals surface area (Å²) in [5, 5.41) is 14.9. The number of amides is 2. The van der Waals surface area contributed by atoms with E-state index in [9.17, 15) is 14.4 Å². The molecule has 1 saturated carbocycles. The fraction of sp³-hybridized carbons (Fsp3) is 0.464. The zero-order valence-electron chi connectivity index (χ0n) is 20.2. The summed E-state index contributed by atoms with van der Waals surface area (Å²) >= 11 is 0. The van der Waals surface area contributed by atoms with Crippen LogP contribution in [0.2, 0.25) is 0 Å². The van der Waals surface area contributed by atoms with Gasteiger partial charge in [-0.05, 0) is 46.9 Å². The van der Waals surface area contributed by atoms with E-state index in [2.05, 4.69) is 34.9 Å². The Bertz CT molecular complexity index is 1020. The van der Waals surface area contributed by atoms with Gasteiger partial charge in [0.25, 0.3) is 0 Å². The number of carboxylic acid groups (broad SMARTS) is 1. The molecule has 2 atom stereocenters. The zero-order chi connectivity index (χ0) is 24.8. The molecule has 4 rings (SSSR count). The number of hydrogen-bond donors (Lipinski definition) is 3. The minimum Gasteiger partial charge on any atom is -0.481 e. The summed E-state index contributed by atoms with van der Waals surface area (Å²) in [4.78, 5) is 36.2. The number of aliphatic carboxylic acids is 1. The van der Waals surface area contributed by atoms with Gasteiger partial charge in [-0.15, -0.1) is 0 Å². The fourth-order valence-electron chi connectivity index (χ4n) is 5.13. The molecule has 7 nitrogen and oxygen atoms in total. The van der Waals surface area contributed by atoms with Gasteiger partial charge in [-0.3, -0.25) is 9.59 Å². The van der Waals surface area contributed by atoms with Crippen molar-refractivity contribution >= 4 is 18.0 Å². The third-order valence-electron chi connectivity index (χ3n) is 7.39. The van der Waals surface area contributed by atoms with Gasteiger partial charge < -0.3 is 20.5 Å². The molecule has 2 aliphatic rings. The molecule has 0 spiro atoms. The molecule has 1 fully saturated rings. The van der Waals surface area contributed by atoms with Crippen LogP contribution in [0.3, 0.4) is 0 Å². The number of carbonyl (C=O) groups excluding carboxylic acids is 2. The van der Waals surface area contributed by atoms with Gasteiger partial charge in [0.05, 0.1) is 6.42 Å². The van der Waals surface area contributed by atoms with Gasteiger partial charge in [-0.25, -0.2) is 4.79 Å². The first-order chi connectivity index (χ1) is 17.0. The van der Waals surface area contributed by atoms with Crippen molar-refractivity contribution in [3.05, 3.63) is 59.7 Å². The monoisotopic (exact) mass is 478 g/mol. The van der Waals surface area contributed by atoms with Crippen LogP contribution in [0.4, 0.5) is 4.79 Å². The maximum absolute atomic E-state index is 12.6. The van der Waals surface area contributed by atoms with Crippen molar-refractivity contribution in [3.8, 4) is 11.1 Å². The second-order valence-corrected chi connectivity index (χ2v) is 9.65. The molecule has 2 aromatic rings. The quantitative estimate of drug-likeness (QED) is 0.434. The minimum atomic E-state index is -0.897. The van der Waals surface area contributed by atoms with Crippen LogP contribution in [0, 0.1) is 11.8 Å². The summed E-state index contributed by atoms with van der Waals surface area (Å²) in [7, 11) is 0. The molecular formula is C28H34N2O5. The molecular weight excluding hydrogens is 444 g/mol. The molecule has 2 aliphatic carbocycles. The van der Waals surface area contributed by atoms with Gasteiger partial charge in [0.1, 0.15) is 6.61 Å². The number of alkyl carbamates (subject to hydrolysis) is 1. The Hall–Kier alpha value is -3.35. The number of hydrogen-bond acceptors (Lipinski definition) is 4. The lowest BCUT2D eigenvalue weighted by atomic mass is 9.78. The Morgan fingerprint density at radius 1 is 1.00 bits per heavy atom. The van der Waals surface area contributed by atoms with Crippen molar-refractivity contribution in [3.63, 3.8) is 0 Å². The Kier molecular flexibility index (Phi) is 8.06. The summed E-state index contributed by atoms with van der Waals surface area (Å²) in [5.41, 5.74) is 4.67. The van der Waals surface area contributed by atoms with E-state index in [4.69, 9.17) is 9.84 Å². The Labute approximate surface area is 206 Å². The number of carbonyl (C=O) groups is 3. The predicted molar refractivity (Wildman–Crippen MR) is 133 cm³/mol. The molecule has 0 aliphatic heterocycles. The molecule has 35 heavy (non-hydrogen) atoms. The molecule has 0 aromatic heterocycles. The second-order valence-electron chi connectivity index (χ2n) is 9.65. The molecule has 3 N–H and O–H groups in total. The van der Waals surface area contributed by atoms with Gasteiger partial charge in [0.15, 0.2) is 0 Å². The molecule has 2 unspecified atom stereocenters. The van der Waals surface area contributed by atoms with Crippen LogP contribution in [0.15, 0.2) is 48.5 Å². The Morgan fingerprint density at radius 3 is 2.17 bits per heavy atom. The highest BCUT2D eigenvalue weighted by molar-refractivity contribution is 5.79. The van der Waals surface area contributed by atoms with Crippen molar-refractivity contribution in [2.24, 2.45) is 11.8 Å². The minimum absolute atomic E-state index is 0.00132. The van der Waals surface area contributed by atoms with E-state index < -0.39 is 12.1 Å². The van der Waals surface area contributed by atoms with Crippen LogP contribution in [0.25, 0.3) is 11.1 Å². The van der Waals surface area contributed by atoms with Crippen LogP contribution in [0.5, 0.6) is 0 Å². The molecule has 0 bridgehead atoms. The average molecular weight is 479 g/mol. The van der Waals surface area contributed by atoms with E-state index >= 15 is 0 Å². The van der Waals surface area contributed by atoms with Crippen molar-refractivity contribution < 1.29 is 24.2 Å². The standard InChI is InChI=1S/C28H34N2O5/c1-2-18(14-26(31)30-25(15-27(32)33)19-8-7-9-19)16-29-28(34)35-17-24-22-12-5-3-10-20(22)21-11-4-6-13-23(21)24/h3-6,10-13,18-19,24-25H,2,7-9,14-17H2,1H3,(H,29,34)(H,30,31)(H,32,33). The van der Waals surface area contributed by atoms with E-state index in [1.165, 1.54) is 11.1 Å². The number of benzene rings is 2. The van der Waals surface area contributed by atoms with Gasteiger partial charge in [0, 0.05) is 24.9 Å². The highest BCUT2D eigenvalue weighted by Crippen LogP contribution is 2.44. The molecule has 0 heterocycles. The fourth-order valence-corrected chi connectivity index (χ4v) is 5.13. The van der Waals surface area contributed by atoms with Crippen LogP contribution in [0.1, 0.15) is 62.5 Å². The first kappa shape index (κ1) is 24.8. The van der Waals surface area contributed by atoms with E-state index in [0.29, 0.717) is 13.0 Å². The number of carboxylic acids is 1. The second kappa shape index (κ2) is 11.4. The third kappa shape index (κ3) is 6.02. The molecule has 0 saturated heterocycles. The maximum atomic E-state index is 12.6. The van der Waals surface area contributed by atoms with Crippen molar-refractivity contribution in [2.45, 2.75) is 57.4 Å². The largest absolute Gasteiger partial charge is 0.481 e. The van der Waals surface area contributed by atoms with Crippen molar-refractivity contribution in [1.29, 1.82) is 0 Å². The molecule has 186 valence electrons. The number of fused-ring (bicyclic) bond motifs is 3. The number of rotatable bonds is 11. The van der Waals surface area contributed by atoms with Gasteiger partial charge in [0.2, 0.25) is 5.91 Å². The highest BCUT2D eigenvalue weighted by Gasteiger charge is 2.31. The summed E-state index contributed by atoms with van der Waals surface area (Å²) < 4.78 is 5.59. The molecule has 2 aromatic carbocycles. The number of nitrogens with one attached hydrogen (secondary N) is 2. The SMILES string of the molecule is CCC(CNC(=O)OCC1c2ccccc2-c2ccccc21)CC(=O)NC(CC(=O)O)C1CCC1. The summed E-state index contributed by atoms with van der Waals surface area (Å²) in [5.74, 6) is -0.870. The van der Waals surface area contributed by atoms with Gasteiger partial charge in [-0.1, -0.05) is 68.3 Å². The van der Waals surface area contributed by atoms with Crippen molar-refractivity contribution in [1.82, 2.24) is 10.6 Å². The van der Waals surface area contributed by atoms with E-state index in [-0.39, 0.29) is 49.2 Å². The topological polar surface area (TPSA) is 105 Å². The van der Waals surface area contributed by atoms with Crippen LogP contribution >= 0.6 is 0 Å². The predicted octanol–water partition coefficient (Wildman–Crippen LogP) is 4.70. The first-order valence-corrected chi connectivity index (χ1v) is 12.6. The first-order valence-electron chi connectivity index (χ1n) is 12.6. The smallest absolute Gasteiger partial charge is 0.407 e. The van der Waals surface area contributed by atoms with Crippen LogP contribution in [-0.2, 0) is 14.3 Å². The third-order valence-corrected chi connectivity index (χ3v) is 7.39. The summed E-state index contributed by atoms with van der Waals surface area (Å²) in [6, 6.07) is 16.1. The normalized spacial score (nSPS) is 16.4. The highest BCUT2D eigenvalue weighted by atomic mass is 16.5. The molecule has 7 heteroatoms. The lowest BCUT2D eigenvalue weighted by molar-refractivity contribution is -0.138. The van der Waals surface area contributed by atoms with E-state index in [0.717, 1.165) is 30.4 Å². The van der Waals surface area contributed by atoms with E-state index in [1.54, 1.807) is 0 Å². The average Bonchev–Trinajstić information content (AvgIpc) is 3.12. The molecule has 2 amide bonds. The van der Waals surface area contributed by atoms with Crippen LogP contribution in [-0.4, -0.2) is 42.3 Å². The zero-order valence-corrected chi connectivity index (χ0v) is 20.2. The Balaban J connectivity index is 1.25. The van der Waals surface area contributed by atoms with Gasteiger partial charge in [-0.2, -0.15) is 0 Å². The Morgan fingerprint density at radius 2 is 1.63 bits per heavy atom. The maximum Gasteiger partial charge on any atom is 0.407 e. The van der Waals surface area contributed by atoms with Gasteiger partial charge >= 0.3 is 12.1 Å². The lowest BCUT2D eigenvalue weighted by Crippen LogP contribution is -2.45. The van der Waals surface area contributed by atoms with Crippen molar-refractivity contribution in [2.75, 3.05) is 13.2 Å². The lowest BCUT2D eigenvalue weighted by Gasteiger charge is -2.33. The van der Waals surface area contributed by atoms with Crippen LogP contribution < -0.4 is 10.6 Å². The summed E-state index contributed by atoms with van der Waals surface area (Å²) in [6.45, 7) is 2.54. The number of ether oxygens (including phenoxy) is 1. The van der Waals surface area contributed by atoms with E-state index in [1.807, 2.05) is 31.2 Å². The molecule has 0 radical (unpaired) electrons.